The molecule has 1 saturated heterocycles. The highest BCUT2D eigenvalue weighted by atomic mass is 32.2. The molecule has 2 aromatic rings. The van der Waals surface area contributed by atoms with Crippen LogP contribution >= 0.6 is 0 Å². The van der Waals surface area contributed by atoms with Crippen LogP contribution in [0.25, 0.3) is 0 Å². The second kappa shape index (κ2) is 8.62. The molecule has 0 aliphatic carbocycles. The first-order chi connectivity index (χ1) is 13.4. The summed E-state index contributed by atoms with van der Waals surface area (Å²) in [4.78, 5) is 13.7. The van der Waals surface area contributed by atoms with Crippen molar-refractivity contribution in [2.24, 2.45) is 0 Å². The molecule has 0 atom stereocenters. The van der Waals surface area contributed by atoms with Gasteiger partial charge < -0.3 is 15.0 Å². The summed E-state index contributed by atoms with van der Waals surface area (Å²) in [5, 5.41) is 2.58. The maximum atomic E-state index is 12.6. The zero-order chi connectivity index (χ0) is 20.1. The molecule has 1 amide bonds. The number of hydrogen-bond acceptors (Lipinski definition) is 5. The summed E-state index contributed by atoms with van der Waals surface area (Å²) in [6.07, 6.45) is 2.42. The summed E-state index contributed by atoms with van der Waals surface area (Å²) in [5.74, 6) is 0.0885. The van der Waals surface area contributed by atoms with Crippen molar-refractivity contribution in [2.75, 3.05) is 30.4 Å². The van der Waals surface area contributed by atoms with Gasteiger partial charge in [0.25, 0.3) is 0 Å². The van der Waals surface area contributed by atoms with E-state index in [0.29, 0.717) is 11.4 Å². The molecule has 1 fully saturated rings. The number of rotatable bonds is 7. The lowest BCUT2D eigenvalue weighted by molar-refractivity contribution is -0.114. The first-order valence-corrected chi connectivity index (χ1v) is 10.7. The van der Waals surface area contributed by atoms with E-state index in [-0.39, 0.29) is 17.3 Å². The van der Waals surface area contributed by atoms with E-state index < -0.39 is 10.0 Å². The number of methoxy groups -OCH3 is 1. The highest BCUT2D eigenvalue weighted by molar-refractivity contribution is 7.89. The molecule has 1 aliphatic heterocycles. The molecular weight excluding hydrogens is 378 g/mol. The number of nitrogens with one attached hydrogen (secondary N) is 2. The van der Waals surface area contributed by atoms with Crippen LogP contribution in [0.3, 0.4) is 0 Å². The lowest BCUT2D eigenvalue weighted by Gasteiger charge is -2.17. The number of carbonyl (C=O) groups is 1. The first kappa shape index (κ1) is 20.2. The van der Waals surface area contributed by atoms with Crippen LogP contribution in [-0.4, -0.2) is 34.5 Å². The highest BCUT2D eigenvalue weighted by Crippen LogP contribution is 2.27. The van der Waals surface area contributed by atoms with Gasteiger partial charge in [-0.2, -0.15) is 0 Å². The van der Waals surface area contributed by atoms with Crippen LogP contribution in [-0.2, 0) is 21.4 Å². The Morgan fingerprint density at radius 3 is 2.39 bits per heavy atom. The van der Waals surface area contributed by atoms with E-state index in [1.54, 1.807) is 0 Å². The minimum absolute atomic E-state index is 0.0609. The summed E-state index contributed by atoms with van der Waals surface area (Å²) in [7, 11) is -2.28. The van der Waals surface area contributed by atoms with E-state index in [2.05, 4.69) is 14.9 Å². The Bertz CT molecular complexity index is 936. The predicted octanol–water partition coefficient (Wildman–Crippen LogP) is 2.73. The van der Waals surface area contributed by atoms with Crippen molar-refractivity contribution in [3.63, 3.8) is 0 Å². The van der Waals surface area contributed by atoms with E-state index in [0.717, 1.165) is 18.7 Å². The fourth-order valence-corrected chi connectivity index (χ4v) is 4.25. The van der Waals surface area contributed by atoms with Gasteiger partial charge in [0.2, 0.25) is 15.9 Å². The molecular formula is C20H25N3O4S. The van der Waals surface area contributed by atoms with Crippen LogP contribution in [0.5, 0.6) is 5.75 Å². The minimum atomic E-state index is -3.73. The molecule has 8 heteroatoms. The highest BCUT2D eigenvalue weighted by Gasteiger charge is 2.17. The summed E-state index contributed by atoms with van der Waals surface area (Å²) in [5.41, 5.74) is 2.36. The van der Waals surface area contributed by atoms with E-state index in [9.17, 15) is 13.2 Å². The van der Waals surface area contributed by atoms with Crippen molar-refractivity contribution in [2.45, 2.75) is 31.2 Å². The van der Waals surface area contributed by atoms with Crippen LogP contribution in [0.2, 0.25) is 0 Å². The maximum absolute atomic E-state index is 12.6. The van der Waals surface area contributed by atoms with E-state index >= 15 is 0 Å². The van der Waals surface area contributed by atoms with E-state index in [1.807, 2.05) is 24.3 Å². The zero-order valence-electron chi connectivity index (χ0n) is 16.1. The van der Waals surface area contributed by atoms with Crippen LogP contribution in [0.1, 0.15) is 25.3 Å². The molecule has 1 aliphatic rings. The largest absolute Gasteiger partial charge is 0.495 e. The first-order valence-electron chi connectivity index (χ1n) is 9.18. The Morgan fingerprint density at radius 2 is 1.79 bits per heavy atom. The molecule has 7 nitrogen and oxygen atoms in total. The SMILES string of the molecule is COc1ccc(S(=O)(=O)NCc2ccc(N3CCCC3)cc2)cc1NC(C)=O. The van der Waals surface area contributed by atoms with Crippen LogP contribution in [0.4, 0.5) is 11.4 Å². The van der Waals surface area contributed by atoms with Crippen LogP contribution in [0, 0.1) is 0 Å². The van der Waals surface area contributed by atoms with Crippen LogP contribution < -0.4 is 19.7 Å². The van der Waals surface area contributed by atoms with Gasteiger partial charge in [0.05, 0.1) is 17.7 Å². The average Bonchev–Trinajstić information content (AvgIpc) is 3.21. The van der Waals surface area contributed by atoms with Crippen LogP contribution in [0.15, 0.2) is 47.4 Å². The van der Waals surface area contributed by atoms with Gasteiger partial charge in [-0.05, 0) is 48.7 Å². The molecule has 2 aromatic carbocycles. The molecule has 0 aromatic heterocycles. The smallest absolute Gasteiger partial charge is 0.240 e. The fourth-order valence-electron chi connectivity index (χ4n) is 3.20. The third-order valence-electron chi connectivity index (χ3n) is 4.67. The van der Waals surface area contributed by atoms with Gasteiger partial charge in [-0.25, -0.2) is 13.1 Å². The summed E-state index contributed by atoms with van der Waals surface area (Å²) >= 11 is 0. The number of hydrogen-bond donors (Lipinski definition) is 2. The number of anilines is 2. The number of carbonyl (C=O) groups excluding carboxylic acids is 1. The quantitative estimate of drug-likeness (QED) is 0.742. The van der Waals surface area contributed by atoms with Gasteiger partial charge in [0.15, 0.2) is 0 Å². The van der Waals surface area contributed by atoms with Crippen molar-refractivity contribution >= 4 is 27.3 Å². The van der Waals surface area contributed by atoms with Crippen molar-refractivity contribution in [1.29, 1.82) is 0 Å². The number of sulfonamides is 1. The summed E-state index contributed by atoms with van der Waals surface area (Å²) < 4.78 is 33.1. The Morgan fingerprint density at radius 1 is 1.11 bits per heavy atom. The third kappa shape index (κ3) is 4.82. The zero-order valence-corrected chi connectivity index (χ0v) is 16.9. The molecule has 0 bridgehead atoms. The van der Waals surface area contributed by atoms with Gasteiger partial charge in [0, 0.05) is 32.2 Å². The molecule has 0 radical (unpaired) electrons. The van der Waals surface area contributed by atoms with Crippen molar-refractivity contribution in [3.05, 3.63) is 48.0 Å². The molecule has 0 unspecified atom stereocenters. The van der Waals surface area contributed by atoms with Gasteiger partial charge >= 0.3 is 0 Å². The molecule has 0 saturated carbocycles. The van der Waals surface area contributed by atoms with Gasteiger partial charge in [-0.15, -0.1) is 0 Å². The summed E-state index contributed by atoms with van der Waals surface area (Å²) in [6, 6.07) is 12.3. The fraction of sp³-hybridized carbons (Fsp3) is 0.350. The second-order valence-corrected chi connectivity index (χ2v) is 8.50. The van der Waals surface area contributed by atoms with E-state index in [4.69, 9.17) is 4.74 Å². The lowest BCUT2D eigenvalue weighted by Crippen LogP contribution is -2.23. The molecule has 3 rings (SSSR count). The van der Waals surface area contributed by atoms with E-state index in [1.165, 1.54) is 50.8 Å². The topological polar surface area (TPSA) is 87.7 Å². The Kier molecular flexibility index (Phi) is 6.21. The standard InChI is InChI=1S/C20H25N3O4S/c1-15(24)22-19-13-18(9-10-20(19)27-2)28(25,26)21-14-16-5-7-17(8-6-16)23-11-3-4-12-23/h5-10,13,21H,3-4,11-12,14H2,1-2H3,(H,22,24). The van der Waals surface area contributed by atoms with Crippen molar-refractivity contribution < 1.29 is 17.9 Å². The van der Waals surface area contributed by atoms with Crippen molar-refractivity contribution in [1.82, 2.24) is 4.72 Å². The van der Waals surface area contributed by atoms with Gasteiger partial charge in [0.1, 0.15) is 5.75 Å². The molecule has 2 N–H and O–H groups in total. The van der Waals surface area contributed by atoms with Gasteiger partial charge in [-0.1, -0.05) is 12.1 Å². The number of amides is 1. The Hall–Kier alpha value is -2.58. The number of nitrogens with zero attached hydrogens (tertiary/aromatic N) is 1. The Labute approximate surface area is 165 Å². The Balaban J connectivity index is 1.70. The molecule has 0 spiro atoms. The molecule has 1 heterocycles. The predicted molar refractivity (Wildman–Crippen MR) is 109 cm³/mol. The molecule has 150 valence electrons. The third-order valence-corrected chi connectivity index (χ3v) is 6.06. The molecule has 28 heavy (non-hydrogen) atoms. The normalized spacial score (nSPS) is 14.1. The second-order valence-electron chi connectivity index (χ2n) is 6.73. The minimum Gasteiger partial charge on any atom is -0.495 e. The number of benzene rings is 2. The average molecular weight is 404 g/mol. The van der Waals surface area contributed by atoms with Crippen molar-refractivity contribution in [3.8, 4) is 5.75 Å². The maximum Gasteiger partial charge on any atom is 0.240 e. The summed E-state index contributed by atoms with van der Waals surface area (Å²) in [6.45, 7) is 3.68. The van der Waals surface area contributed by atoms with Gasteiger partial charge in [-0.3, -0.25) is 4.79 Å². The lowest BCUT2D eigenvalue weighted by atomic mass is 10.2. The monoisotopic (exact) mass is 403 g/mol. The number of ether oxygens (including phenoxy) is 1.